The van der Waals surface area contributed by atoms with Crippen LogP contribution < -0.4 is 5.73 Å². The summed E-state index contributed by atoms with van der Waals surface area (Å²) in [6.07, 6.45) is 3.81. The van der Waals surface area contributed by atoms with Gasteiger partial charge in [0.05, 0.1) is 5.60 Å². The molecule has 0 radical (unpaired) electrons. The number of halogens is 2. The zero-order chi connectivity index (χ0) is 15.0. The molecule has 2 rings (SSSR count). The molecule has 0 bridgehead atoms. The first-order valence-electron chi connectivity index (χ1n) is 7.17. The van der Waals surface area contributed by atoms with E-state index in [1.54, 1.807) is 6.07 Å². The monoisotopic (exact) mass is 299 g/mol. The summed E-state index contributed by atoms with van der Waals surface area (Å²) in [5, 5.41) is 11.5. The molecular formula is C16H23ClFNO. The van der Waals surface area contributed by atoms with Crippen molar-refractivity contribution >= 4 is 11.6 Å². The van der Waals surface area contributed by atoms with Crippen molar-refractivity contribution in [3.8, 4) is 0 Å². The maximum atomic E-state index is 13.9. The van der Waals surface area contributed by atoms with Gasteiger partial charge in [-0.2, -0.15) is 0 Å². The van der Waals surface area contributed by atoms with Gasteiger partial charge in [-0.25, -0.2) is 4.39 Å². The Labute approximate surface area is 125 Å². The molecule has 0 spiro atoms. The Morgan fingerprint density at radius 2 is 2.15 bits per heavy atom. The molecule has 3 N–H and O–H groups in total. The van der Waals surface area contributed by atoms with Crippen LogP contribution in [0, 0.1) is 11.7 Å². The van der Waals surface area contributed by atoms with Crippen LogP contribution in [0.25, 0.3) is 0 Å². The van der Waals surface area contributed by atoms with E-state index in [2.05, 4.69) is 0 Å². The first-order chi connectivity index (χ1) is 9.22. The maximum absolute atomic E-state index is 13.9. The van der Waals surface area contributed by atoms with Gasteiger partial charge < -0.3 is 10.8 Å². The molecule has 1 aromatic rings. The summed E-state index contributed by atoms with van der Waals surface area (Å²) in [6, 6.07) is 4.48. The minimum atomic E-state index is -0.956. The van der Waals surface area contributed by atoms with Gasteiger partial charge in [0.1, 0.15) is 5.82 Å². The standard InChI is InChI=1S/C16H23ClFNO/c1-15(2,19)14-5-3-4-8-16(14,20)10-11-9-12(17)6-7-13(11)18/h6-7,9,14,20H,3-5,8,10,19H2,1-2H3/t14-,16-/m1/s1. The van der Waals surface area contributed by atoms with Crippen molar-refractivity contribution < 1.29 is 9.50 Å². The second kappa shape index (κ2) is 5.63. The van der Waals surface area contributed by atoms with E-state index in [0.29, 0.717) is 17.0 Å². The first kappa shape index (κ1) is 15.7. The van der Waals surface area contributed by atoms with E-state index in [4.69, 9.17) is 17.3 Å². The molecule has 1 aliphatic carbocycles. The van der Waals surface area contributed by atoms with E-state index in [-0.39, 0.29) is 18.2 Å². The third-order valence-electron chi connectivity index (χ3n) is 4.40. The highest BCUT2D eigenvalue weighted by atomic mass is 35.5. The van der Waals surface area contributed by atoms with Gasteiger partial charge in [-0.15, -0.1) is 0 Å². The predicted octanol–water partition coefficient (Wildman–Crippen LogP) is 3.68. The van der Waals surface area contributed by atoms with E-state index >= 15 is 0 Å². The lowest BCUT2D eigenvalue weighted by molar-refractivity contribution is -0.0721. The van der Waals surface area contributed by atoms with E-state index in [1.165, 1.54) is 12.1 Å². The summed E-state index contributed by atoms with van der Waals surface area (Å²) in [4.78, 5) is 0. The molecule has 1 aromatic carbocycles. The lowest BCUT2D eigenvalue weighted by Gasteiger charge is -2.46. The fourth-order valence-corrected chi connectivity index (χ4v) is 3.70. The Bertz CT molecular complexity index is 486. The van der Waals surface area contributed by atoms with Crippen LogP contribution in [0.15, 0.2) is 18.2 Å². The minimum Gasteiger partial charge on any atom is -0.389 e. The number of hydrogen-bond donors (Lipinski definition) is 2. The van der Waals surface area contributed by atoms with E-state index in [9.17, 15) is 9.50 Å². The number of benzene rings is 1. The van der Waals surface area contributed by atoms with Gasteiger partial charge in [0, 0.05) is 22.9 Å². The number of aliphatic hydroxyl groups is 1. The van der Waals surface area contributed by atoms with Gasteiger partial charge in [0.2, 0.25) is 0 Å². The third-order valence-corrected chi connectivity index (χ3v) is 4.64. The second-order valence-electron chi connectivity index (χ2n) is 6.64. The van der Waals surface area contributed by atoms with Crippen LogP contribution in [0.4, 0.5) is 4.39 Å². The minimum absolute atomic E-state index is 0.0397. The van der Waals surface area contributed by atoms with Gasteiger partial charge in [-0.3, -0.25) is 0 Å². The molecule has 0 unspecified atom stereocenters. The fourth-order valence-electron chi connectivity index (χ4n) is 3.51. The van der Waals surface area contributed by atoms with E-state index < -0.39 is 11.1 Å². The van der Waals surface area contributed by atoms with Crippen LogP contribution in [-0.4, -0.2) is 16.2 Å². The average molecular weight is 300 g/mol. The summed E-state index contributed by atoms with van der Waals surface area (Å²) in [6.45, 7) is 3.87. The Morgan fingerprint density at radius 1 is 1.45 bits per heavy atom. The zero-order valence-corrected chi connectivity index (χ0v) is 12.9. The summed E-state index contributed by atoms with van der Waals surface area (Å²) in [5.74, 6) is -0.357. The van der Waals surface area contributed by atoms with Crippen LogP contribution in [0.1, 0.15) is 45.1 Å². The van der Waals surface area contributed by atoms with Crippen molar-refractivity contribution in [2.45, 2.75) is 57.1 Å². The topological polar surface area (TPSA) is 46.2 Å². The van der Waals surface area contributed by atoms with Gasteiger partial charge >= 0.3 is 0 Å². The smallest absolute Gasteiger partial charge is 0.126 e. The summed E-state index contributed by atoms with van der Waals surface area (Å²) in [5.41, 5.74) is 5.26. The van der Waals surface area contributed by atoms with Crippen LogP contribution in [0.5, 0.6) is 0 Å². The number of nitrogens with two attached hydrogens (primary N) is 1. The Morgan fingerprint density at radius 3 is 2.80 bits per heavy atom. The molecule has 2 nitrogen and oxygen atoms in total. The summed E-state index contributed by atoms with van der Waals surface area (Å²) in [7, 11) is 0. The van der Waals surface area contributed by atoms with Gasteiger partial charge in [0.25, 0.3) is 0 Å². The molecule has 20 heavy (non-hydrogen) atoms. The third kappa shape index (κ3) is 3.33. The van der Waals surface area contributed by atoms with Crippen LogP contribution in [-0.2, 0) is 6.42 Å². The molecule has 0 aromatic heterocycles. The van der Waals surface area contributed by atoms with E-state index in [0.717, 1.165) is 19.3 Å². The molecule has 0 saturated heterocycles. The molecule has 1 aliphatic rings. The Kier molecular flexibility index (Phi) is 4.43. The van der Waals surface area contributed by atoms with Crippen LogP contribution in [0.2, 0.25) is 5.02 Å². The SMILES string of the molecule is CC(C)(N)[C@H]1CCCC[C@@]1(O)Cc1cc(Cl)ccc1F. The zero-order valence-electron chi connectivity index (χ0n) is 12.1. The van der Waals surface area contributed by atoms with Crippen molar-refractivity contribution in [1.82, 2.24) is 0 Å². The lowest BCUT2D eigenvalue weighted by Crippen LogP contribution is -2.56. The van der Waals surface area contributed by atoms with Gasteiger partial charge in [-0.1, -0.05) is 24.4 Å². The van der Waals surface area contributed by atoms with Crippen molar-refractivity contribution in [3.05, 3.63) is 34.6 Å². The number of rotatable bonds is 3. The van der Waals surface area contributed by atoms with Crippen LogP contribution in [0.3, 0.4) is 0 Å². The highest BCUT2D eigenvalue weighted by Crippen LogP contribution is 2.41. The summed E-state index contributed by atoms with van der Waals surface area (Å²) < 4.78 is 13.9. The molecule has 1 fully saturated rings. The second-order valence-corrected chi connectivity index (χ2v) is 7.07. The molecule has 0 amide bonds. The maximum Gasteiger partial charge on any atom is 0.126 e. The largest absolute Gasteiger partial charge is 0.389 e. The normalized spacial score (nSPS) is 27.6. The van der Waals surface area contributed by atoms with Gasteiger partial charge in [-0.05, 0) is 50.5 Å². The molecule has 0 aliphatic heterocycles. The summed E-state index contributed by atoms with van der Waals surface area (Å²) >= 11 is 5.93. The Hall–Kier alpha value is -0.640. The molecule has 0 heterocycles. The van der Waals surface area contributed by atoms with Crippen LogP contribution >= 0.6 is 11.6 Å². The highest BCUT2D eigenvalue weighted by molar-refractivity contribution is 6.30. The van der Waals surface area contributed by atoms with Crippen molar-refractivity contribution in [2.24, 2.45) is 11.7 Å². The predicted molar refractivity (Wildman–Crippen MR) is 80.3 cm³/mol. The molecule has 1 saturated carbocycles. The molecule has 112 valence electrons. The van der Waals surface area contributed by atoms with Crippen molar-refractivity contribution in [1.29, 1.82) is 0 Å². The molecule has 2 atom stereocenters. The fraction of sp³-hybridized carbons (Fsp3) is 0.625. The highest BCUT2D eigenvalue weighted by Gasteiger charge is 2.45. The van der Waals surface area contributed by atoms with Crippen molar-refractivity contribution in [2.75, 3.05) is 0 Å². The Balaban J connectivity index is 2.30. The lowest BCUT2D eigenvalue weighted by atomic mass is 9.65. The first-order valence-corrected chi connectivity index (χ1v) is 7.55. The average Bonchev–Trinajstić information content (AvgIpc) is 2.32. The number of hydrogen-bond acceptors (Lipinski definition) is 2. The van der Waals surface area contributed by atoms with Gasteiger partial charge in [0.15, 0.2) is 0 Å². The molecular weight excluding hydrogens is 277 g/mol. The quantitative estimate of drug-likeness (QED) is 0.894. The van der Waals surface area contributed by atoms with E-state index in [1.807, 2.05) is 13.8 Å². The van der Waals surface area contributed by atoms with Crippen molar-refractivity contribution in [3.63, 3.8) is 0 Å². The molecule has 4 heteroatoms.